The van der Waals surface area contributed by atoms with Crippen LogP contribution in [-0.2, 0) is 19.3 Å². The molecule has 1 aromatic carbocycles. The summed E-state index contributed by atoms with van der Waals surface area (Å²) in [6.07, 6.45) is 4.46. The van der Waals surface area contributed by atoms with E-state index < -0.39 is 0 Å². The molecule has 132 valence electrons. The van der Waals surface area contributed by atoms with Crippen molar-refractivity contribution in [3.8, 4) is 10.4 Å². The minimum atomic E-state index is 0.227. The van der Waals surface area contributed by atoms with Gasteiger partial charge < -0.3 is 5.32 Å². The van der Waals surface area contributed by atoms with Crippen molar-refractivity contribution < 1.29 is 4.79 Å². The van der Waals surface area contributed by atoms with Gasteiger partial charge in [-0.2, -0.15) is 0 Å². The van der Waals surface area contributed by atoms with Crippen LogP contribution in [0, 0.1) is 11.3 Å². The van der Waals surface area contributed by atoms with E-state index >= 15 is 0 Å². The van der Waals surface area contributed by atoms with Crippen molar-refractivity contribution in [3.63, 3.8) is 0 Å². The molecule has 2 nitrogen and oxygen atoms in total. The molecule has 2 heterocycles. The fraction of sp³-hybridized carbons (Fsp3) is 0.500. The van der Waals surface area contributed by atoms with Crippen LogP contribution < -0.4 is 5.32 Å². The molecule has 1 N–H and O–H groups in total. The SMILES string of the molecule is CC(=O)c1c(-c2ccccc2CC2CNC2)sc2c1CC(C)(C)CC2. The van der Waals surface area contributed by atoms with Crippen LogP contribution in [0.15, 0.2) is 24.3 Å². The molecule has 0 atom stereocenters. The first-order chi connectivity index (χ1) is 11.9. The molecular formula is C22H27NOS. The summed E-state index contributed by atoms with van der Waals surface area (Å²) in [4.78, 5) is 15.2. The van der Waals surface area contributed by atoms with E-state index in [1.807, 2.05) is 11.3 Å². The lowest BCUT2D eigenvalue weighted by atomic mass is 9.75. The van der Waals surface area contributed by atoms with E-state index in [4.69, 9.17) is 0 Å². The van der Waals surface area contributed by atoms with Crippen LogP contribution in [0.1, 0.15) is 53.6 Å². The number of Topliss-reactive ketones (excluding diaryl/α,β-unsaturated/α-hetero) is 1. The highest BCUT2D eigenvalue weighted by molar-refractivity contribution is 7.16. The van der Waals surface area contributed by atoms with Gasteiger partial charge in [0.2, 0.25) is 0 Å². The molecule has 2 aromatic rings. The van der Waals surface area contributed by atoms with E-state index in [1.54, 1.807) is 6.92 Å². The molecule has 1 fully saturated rings. The molecule has 0 radical (unpaired) electrons. The molecule has 25 heavy (non-hydrogen) atoms. The molecule has 0 amide bonds. The molecule has 1 aliphatic carbocycles. The largest absolute Gasteiger partial charge is 0.316 e. The van der Waals surface area contributed by atoms with E-state index in [-0.39, 0.29) is 5.78 Å². The summed E-state index contributed by atoms with van der Waals surface area (Å²) < 4.78 is 0. The lowest BCUT2D eigenvalue weighted by Gasteiger charge is -2.29. The number of aryl methyl sites for hydroxylation is 1. The minimum Gasteiger partial charge on any atom is -0.316 e. The average Bonchev–Trinajstić information content (AvgIpc) is 2.88. The van der Waals surface area contributed by atoms with Crippen LogP contribution in [0.25, 0.3) is 10.4 Å². The van der Waals surface area contributed by atoms with Crippen LogP contribution in [0.2, 0.25) is 0 Å². The number of hydrogen-bond acceptors (Lipinski definition) is 3. The van der Waals surface area contributed by atoms with Crippen LogP contribution in [0.4, 0.5) is 0 Å². The summed E-state index contributed by atoms with van der Waals surface area (Å²) in [7, 11) is 0. The second-order valence-electron chi connectivity index (χ2n) is 8.49. The Kier molecular flexibility index (Phi) is 4.33. The number of carbonyl (C=O) groups excluding carboxylic acids is 1. The smallest absolute Gasteiger partial charge is 0.161 e. The van der Waals surface area contributed by atoms with Crippen molar-refractivity contribution in [2.24, 2.45) is 11.3 Å². The number of thiophene rings is 1. The Morgan fingerprint density at radius 2 is 2.04 bits per heavy atom. The predicted molar refractivity (Wildman–Crippen MR) is 106 cm³/mol. The molecule has 1 saturated heterocycles. The molecular weight excluding hydrogens is 326 g/mol. The maximum atomic E-state index is 12.6. The molecule has 0 saturated carbocycles. The monoisotopic (exact) mass is 353 g/mol. The summed E-state index contributed by atoms with van der Waals surface area (Å²) in [6, 6.07) is 8.72. The van der Waals surface area contributed by atoms with Crippen LogP contribution in [0.5, 0.6) is 0 Å². The molecule has 3 heteroatoms. The van der Waals surface area contributed by atoms with E-state index in [0.29, 0.717) is 5.41 Å². The Bertz CT molecular complexity index is 813. The van der Waals surface area contributed by atoms with Gasteiger partial charge in [-0.05, 0) is 73.7 Å². The highest BCUT2D eigenvalue weighted by Gasteiger charge is 2.32. The van der Waals surface area contributed by atoms with Gasteiger partial charge in [0.25, 0.3) is 0 Å². The maximum absolute atomic E-state index is 12.6. The minimum absolute atomic E-state index is 0.227. The summed E-state index contributed by atoms with van der Waals surface area (Å²) >= 11 is 1.87. The van der Waals surface area contributed by atoms with E-state index in [1.165, 1.54) is 32.9 Å². The molecule has 1 aromatic heterocycles. The van der Waals surface area contributed by atoms with Gasteiger partial charge >= 0.3 is 0 Å². The number of hydrogen-bond donors (Lipinski definition) is 1. The van der Waals surface area contributed by atoms with Gasteiger partial charge in [0, 0.05) is 15.3 Å². The maximum Gasteiger partial charge on any atom is 0.161 e. The third kappa shape index (κ3) is 3.20. The van der Waals surface area contributed by atoms with Crippen molar-refractivity contribution in [2.75, 3.05) is 13.1 Å². The molecule has 2 aliphatic rings. The summed E-state index contributed by atoms with van der Waals surface area (Å²) in [6.45, 7) is 8.63. The number of nitrogens with one attached hydrogen (secondary N) is 1. The predicted octanol–water partition coefficient (Wildman–Crippen LogP) is 4.89. The molecule has 1 aliphatic heterocycles. The fourth-order valence-electron chi connectivity index (χ4n) is 4.21. The van der Waals surface area contributed by atoms with Gasteiger partial charge in [0.05, 0.1) is 0 Å². The van der Waals surface area contributed by atoms with Crippen molar-refractivity contribution in [1.82, 2.24) is 5.32 Å². The zero-order valence-corrected chi connectivity index (χ0v) is 16.3. The van der Waals surface area contributed by atoms with Gasteiger partial charge in [-0.1, -0.05) is 38.1 Å². The van der Waals surface area contributed by atoms with Crippen LogP contribution >= 0.6 is 11.3 Å². The zero-order valence-electron chi connectivity index (χ0n) is 15.4. The van der Waals surface area contributed by atoms with Gasteiger partial charge in [-0.15, -0.1) is 11.3 Å². The molecule has 0 spiro atoms. The van der Waals surface area contributed by atoms with Crippen LogP contribution in [0.3, 0.4) is 0 Å². The number of ketones is 1. The van der Waals surface area contributed by atoms with Gasteiger partial charge in [0.1, 0.15) is 0 Å². The standard InChI is InChI=1S/C22H27NOS/c1-14(24)20-18-11-22(2,3)9-8-19(18)25-21(20)17-7-5-4-6-16(17)10-15-12-23-13-15/h4-7,15,23H,8-13H2,1-3H3. The third-order valence-electron chi connectivity index (χ3n) is 5.76. The van der Waals surface area contributed by atoms with Gasteiger partial charge in [-0.3, -0.25) is 4.79 Å². The topological polar surface area (TPSA) is 29.1 Å². The molecule has 4 rings (SSSR count). The second kappa shape index (κ2) is 6.37. The van der Waals surface area contributed by atoms with E-state index in [9.17, 15) is 4.79 Å². The first-order valence-electron chi connectivity index (χ1n) is 9.39. The third-order valence-corrected chi connectivity index (χ3v) is 7.09. The average molecular weight is 354 g/mol. The first-order valence-corrected chi connectivity index (χ1v) is 10.2. The summed E-state index contributed by atoms with van der Waals surface area (Å²) in [5.41, 5.74) is 5.33. The van der Waals surface area contributed by atoms with Crippen molar-refractivity contribution in [2.45, 2.75) is 46.5 Å². The fourth-order valence-corrected chi connectivity index (χ4v) is 5.63. The Morgan fingerprint density at radius 1 is 1.28 bits per heavy atom. The number of benzene rings is 1. The quantitative estimate of drug-likeness (QED) is 0.793. The van der Waals surface area contributed by atoms with Crippen molar-refractivity contribution in [3.05, 3.63) is 45.8 Å². The van der Waals surface area contributed by atoms with Gasteiger partial charge in [-0.25, -0.2) is 0 Å². The Labute approximate surface area is 154 Å². The van der Waals surface area contributed by atoms with Crippen LogP contribution in [-0.4, -0.2) is 18.9 Å². The first kappa shape index (κ1) is 17.0. The number of fused-ring (bicyclic) bond motifs is 1. The number of carbonyl (C=O) groups is 1. The van der Waals surface area contributed by atoms with E-state index in [2.05, 4.69) is 43.4 Å². The molecule has 0 unspecified atom stereocenters. The highest BCUT2D eigenvalue weighted by Crippen LogP contribution is 2.46. The van der Waals surface area contributed by atoms with E-state index in [0.717, 1.165) is 43.8 Å². The normalized spacial score (nSPS) is 19.3. The zero-order chi connectivity index (χ0) is 17.6. The summed E-state index contributed by atoms with van der Waals surface area (Å²) in [5, 5.41) is 3.37. The molecule has 0 bridgehead atoms. The second-order valence-corrected chi connectivity index (χ2v) is 9.60. The van der Waals surface area contributed by atoms with Crippen molar-refractivity contribution >= 4 is 17.1 Å². The lowest BCUT2D eigenvalue weighted by Crippen LogP contribution is -2.43. The Balaban J connectivity index is 1.81. The highest BCUT2D eigenvalue weighted by atomic mass is 32.1. The number of rotatable bonds is 4. The lowest BCUT2D eigenvalue weighted by molar-refractivity contribution is 0.101. The Morgan fingerprint density at radius 3 is 2.72 bits per heavy atom. The Hall–Kier alpha value is -1.45. The summed E-state index contributed by atoms with van der Waals surface area (Å²) in [5.74, 6) is 0.959. The van der Waals surface area contributed by atoms with Gasteiger partial charge in [0.15, 0.2) is 5.78 Å². The van der Waals surface area contributed by atoms with Crippen molar-refractivity contribution in [1.29, 1.82) is 0 Å².